The molecular formula is C11H17N3OS. The summed E-state index contributed by atoms with van der Waals surface area (Å²) in [5.74, 6) is 0.0765. The molecule has 0 aromatic carbocycles. The number of amides is 1. The molecule has 1 aromatic rings. The average Bonchev–Trinajstić information content (AvgIpc) is 2.79. The number of carbonyl (C=O) groups is 1. The first kappa shape index (κ1) is 11.5. The molecule has 0 spiro atoms. The number of nitrogens with zero attached hydrogens (tertiary/aromatic N) is 1. The molecule has 0 radical (unpaired) electrons. The van der Waals surface area contributed by atoms with Crippen LogP contribution in [0.15, 0.2) is 10.9 Å². The largest absolute Gasteiger partial charge is 0.350 e. The maximum atomic E-state index is 11.9. The van der Waals surface area contributed by atoms with Crippen molar-refractivity contribution in [2.75, 3.05) is 0 Å². The molecule has 0 saturated heterocycles. The molecule has 3 N–H and O–H groups in total. The highest BCUT2D eigenvalue weighted by atomic mass is 32.1. The second kappa shape index (κ2) is 5.41. The normalized spacial score (nSPS) is 25.3. The molecular weight excluding hydrogens is 222 g/mol. The zero-order valence-electron chi connectivity index (χ0n) is 9.19. The van der Waals surface area contributed by atoms with Crippen LogP contribution in [0.4, 0.5) is 0 Å². The Morgan fingerprint density at radius 3 is 3.06 bits per heavy atom. The van der Waals surface area contributed by atoms with Gasteiger partial charge in [0.25, 0.3) is 0 Å². The van der Waals surface area contributed by atoms with Gasteiger partial charge in [-0.25, -0.2) is 4.98 Å². The lowest BCUT2D eigenvalue weighted by Crippen LogP contribution is -2.43. The summed E-state index contributed by atoms with van der Waals surface area (Å²) in [6.45, 7) is 0.519. The van der Waals surface area contributed by atoms with E-state index < -0.39 is 0 Å². The third-order valence-electron chi connectivity index (χ3n) is 3.08. The Morgan fingerprint density at radius 2 is 2.38 bits per heavy atom. The van der Waals surface area contributed by atoms with Gasteiger partial charge in [-0.2, -0.15) is 0 Å². The highest BCUT2D eigenvalue weighted by molar-refractivity contribution is 7.07. The molecule has 88 valence electrons. The lowest BCUT2D eigenvalue weighted by atomic mass is 9.84. The van der Waals surface area contributed by atoms with E-state index in [1.165, 1.54) is 0 Å². The van der Waals surface area contributed by atoms with Crippen LogP contribution in [-0.4, -0.2) is 16.9 Å². The van der Waals surface area contributed by atoms with Crippen molar-refractivity contribution in [2.45, 2.75) is 38.3 Å². The minimum atomic E-state index is -0.00705. The molecule has 2 unspecified atom stereocenters. The van der Waals surface area contributed by atoms with Crippen molar-refractivity contribution in [3.05, 3.63) is 16.6 Å². The van der Waals surface area contributed by atoms with Gasteiger partial charge in [-0.1, -0.05) is 12.8 Å². The van der Waals surface area contributed by atoms with Crippen LogP contribution in [-0.2, 0) is 11.3 Å². The monoisotopic (exact) mass is 239 g/mol. The first-order chi connectivity index (χ1) is 7.77. The quantitative estimate of drug-likeness (QED) is 0.835. The summed E-state index contributed by atoms with van der Waals surface area (Å²) in [5.41, 5.74) is 8.65. The van der Waals surface area contributed by atoms with E-state index in [2.05, 4.69) is 10.3 Å². The lowest BCUT2D eigenvalue weighted by molar-refractivity contribution is -0.126. The summed E-state index contributed by atoms with van der Waals surface area (Å²) in [7, 11) is 0. The standard InChI is InChI=1S/C11H17N3OS/c12-10-4-2-1-3-9(10)11(15)13-5-8-6-16-7-14-8/h6-7,9-10H,1-5,12H2,(H,13,15). The van der Waals surface area contributed by atoms with Gasteiger partial charge in [-0.3, -0.25) is 4.79 Å². The minimum Gasteiger partial charge on any atom is -0.350 e. The van der Waals surface area contributed by atoms with E-state index in [4.69, 9.17) is 5.73 Å². The van der Waals surface area contributed by atoms with Gasteiger partial charge in [0.05, 0.1) is 23.7 Å². The van der Waals surface area contributed by atoms with E-state index >= 15 is 0 Å². The zero-order chi connectivity index (χ0) is 11.4. The fraction of sp³-hybridized carbons (Fsp3) is 0.636. The molecule has 2 atom stereocenters. The predicted octanol–water partition coefficient (Wildman–Crippen LogP) is 1.28. The van der Waals surface area contributed by atoms with Crippen LogP contribution in [0, 0.1) is 5.92 Å². The SMILES string of the molecule is NC1CCCCC1C(=O)NCc1cscn1. The molecule has 2 rings (SSSR count). The van der Waals surface area contributed by atoms with E-state index in [0.717, 1.165) is 31.4 Å². The number of aromatic nitrogens is 1. The maximum absolute atomic E-state index is 11.9. The van der Waals surface area contributed by atoms with Crippen LogP contribution in [0.2, 0.25) is 0 Å². The molecule has 1 heterocycles. The summed E-state index contributed by atoms with van der Waals surface area (Å²) in [6, 6.07) is 0.0317. The fourth-order valence-corrected chi connectivity index (χ4v) is 2.68. The summed E-state index contributed by atoms with van der Waals surface area (Å²) >= 11 is 1.54. The smallest absolute Gasteiger partial charge is 0.224 e. The maximum Gasteiger partial charge on any atom is 0.224 e. The third-order valence-corrected chi connectivity index (χ3v) is 3.72. The number of hydrogen-bond donors (Lipinski definition) is 2. The Bertz CT molecular complexity index is 339. The molecule has 0 aliphatic heterocycles. The fourth-order valence-electron chi connectivity index (χ4n) is 2.12. The summed E-state index contributed by atoms with van der Waals surface area (Å²) in [4.78, 5) is 16.0. The van der Waals surface area contributed by atoms with E-state index in [1.807, 2.05) is 5.38 Å². The number of carbonyl (C=O) groups excluding carboxylic acids is 1. The molecule has 5 heteroatoms. The molecule has 1 amide bonds. The van der Waals surface area contributed by atoms with Crippen molar-refractivity contribution in [3.63, 3.8) is 0 Å². The summed E-state index contributed by atoms with van der Waals surface area (Å²) in [5, 5.41) is 4.86. The Balaban J connectivity index is 1.83. The Labute approximate surface area is 99.3 Å². The van der Waals surface area contributed by atoms with E-state index in [1.54, 1.807) is 16.8 Å². The molecule has 0 bridgehead atoms. The Kier molecular flexibility index (Phi) is 3.90. The molecule has 1 aliphatic rings. The van der Waals surface area contributed by atoms with Crippen LogP contribution in [0.1, 0.15) is 31.4 Å². The second-order valence-electron chi connectivity index (χ2n) is 4.25. The number of hydrogen-bond acceptors (Lipinski definition) is 4. The number of nitrogens with two attached hydrogens (primary N) is 1. The Hall–Kier alpha value is -0.940. The molecule has 1 fully saturated rings. The van der Waals surface area contributed by atoms with Gasteiger partial charge >= 0.3 is 0 Å². The van der Waals surface area contributed by atoms with Crippen molar-refractivity contribution in [3.8, 4) is 0 Å². The van der Waals surface area contributed by atoms with Crippen molar-refractivity contribution >= 4 is 17.2 Å². The van der Waals surface area contributed by atoms with Gasteiger partial charge < -0.3 is 11.1 Å². The van der Waals surface area contributed by atoms with Gasteiger partial charge in [0, 0.05) is 11.4 Å². The van der Waals surface area contributed by atoms with Crippen molar-refractivity contribution in [1.82, 2.24) is 10.3 Å². The average molecular weight is 239 g/mol. The molecule has 1 aliphatic carbocycles. The molecule has 16 heavy (non-hydrogen) atoms. The highest BCUT2D eigenvalue weighted by Crippen LogP contribution is 2.23. The molecule has 1 aromatic heterocycles. The lowest BCUT2D eigenvalue weighted by Gasteiger charge is -2.27. The first-order valence-corrected chi connectivity index (χ1v) is 6.62. The third kappa shape index (κ3) is 2.80. The second-order valence-corrected chi connectivity index (χ2v) is 4.97. The van der Waals surface area contributed by atoms with Gasteiger partial charge in [0.15, 0.2) is 0 Å². The van der Waals surface area contributed by atoms with Gasteiger partial charge in [-0.05, 0) is 12.8 Å². The van der Waals surface area contributed by atoms with Crippen LogP contribution in [0.5, 0.6) is 0 Å². The minimum absolute atomic E-state index is 0.00705. The summed E-state index contributed by atoms with van der Waals surface area (Å²) in [6.07, 6.45) is 4.15. The summed E-state index contributed by atoms with van der Waals surface area (Å²) < 4.78 is 0. The highest BCUT2D eigenvalue weighted by Gasteiger charge is 2.27. The van der Waals surface area contributed by atoms with Gasteiger partial charge in [-0.15, -0.1) is 11.3 Å². The number of nitrogens with one attached hydrogen (secondary N) is 1. The first-order valence-electron chi connectivity index (χ1n) is 5.67. The van der Waals surface area contributed by atoms with Crippen LogP contribution in [0.3, 0.4) is 0 Å². The van der Waals surface area contributed by atoms with Crippen molar-refractivity contribution < 1.29 is 4.79 Å². The number of thiazole rings is 1. The Morgan fingerprint density at radius 1 is 1.56 bits per heavy atom. The topological polar surface area (TPSA) is 68.0 Å². The van der Waals surface area contributed by atoms with E-state index in [0.29, 0.717) is 6.54 Å². The van der Waals surface area contributed by atoms with Crippen LogP contribution < -0.4 is 11.1 Å². The van der Waals surface area contributed by atoms with Crippen molar-refractivity contribution in [1.29, 1.82) is 0 Å². The molecule has 1 saturated carbocycles. The van der Waals surface area contributed by atoms with E-state index in [-0.39, 0.29) is 17.9 Å². The van der Waals surface area contributed by atoms with Crippen LogP contribution >= 0.6 is 11.3 Å². The zero-order valence-corrected chi connectivity index (χ0v) is 10.0. The van der Waals surface area contributed by atoms with Gasteiger partial charge in [0.2, 0.25) is 5.91 Å². The number of rotatable bonds is 3. The molecule has 4 nitrogen and oxygen atoms in total. The van der Waals surface area contributed by atoms with Crippen molar-refractivity contribution in [2.24, 2.45) is 11.7 Å². The van der Waals surface area contributed by atoms with E-state index in [9.17, 15) is 4.79 Å². The van der Waals surface area contributed by atoms with Gasteiger partial charge in [0.1, 0.15) is 0 Å². The predicted molar refractivity (Wildman–Crippen MR) is 63.9 cm³/mol. The van der Waals surface area contributed by atoms with Crippen LogP contribution in [0.25, 0.3) is 0 Å².